The van der Waals surface area contributed by atoms with Gasteiger partial charge in [-0.25, -0.2) is 4.79 Å². The predicted molar refractivity (Wildman–Crippen MR) is 79.3 cm³/mol. The van der Waals surface area contributed by atoms with Crippen LogP contribution in [0.25, 0.3) is 0 Å². The van der Waals surface area contributed by atoms with Crippen molar-refractivity contribution in [3.05, 3.63) is 64.7 Å². The van der Waals surface area contributed by atoms with Crippen molar-refractivity contribution in [2.75, 3.05) is 6.54 Å². The Morgan fingerprint density at radius 3 is 2.76 bits per heavy atom. The standard InChI is InChI=1S/C17H17NO3/c19-16-3-1-2-12(8-16)10-18-7-6-13-4-5-14(17(20)21)9-15(13)11-18/h1-5,8-9,19H,6-7,10-11H2,(H,20,21). The maximum absolute atomic E-state index is 11.1. The summed E-state index contributed by atoms with van der Waals surface area (Å²) in [4.78, 5) is 13.3. The van der Waals surface area contributed by atoms with E-state index >= 15 is 0 Å². The van der Waals surface area contributed by atoms with Crippen LogP contribution in [-0.2, 0) is 19.5 Å². The number of carbonyl (C=O) groups is 1. The van der Waals surface area contributed by atoms with Gasteiger partial charge in [-0.3, -0.25) is 4.90 Å². The topological polar surface area (TPSA) is 60.8 Å². The van der Waals surface area contributed by atoms with Crippen molar-refractivity contribution in [3.8, 4) is 5.75 Å². The van der Waals surface area contributed by atoms with Gasteiger partial charge in [0.05, 0.1) is 5.56 Å². The van der Waals surface area contributed by atoms with E-state index in [9.17, 15) is 9.90 Å². The summed E-state index contributed by atoms with van der Waals surface area (Å²) in [7, 11) is 0. The third kappa shape index (κ3) is 3.06. The minimum atomic E-state index is -0.886. The molecule has 0 saturated heterocycles. The number of nitrogens with zero attached hydrogens (tertiary/aromatic N) is 1. The van der Waals surface area contributed by atoms with Crippen LogP contribution in [0.1, 0.15) is 27.0 Å². The minimum Gasteiger partial charge on any atom is -0.508 e. The zero-order valence-corrected chi connectivity index (χ0v) is 11.6. The lowest BCUT2D eigenvalue weighted by molar-refractivity contribution is 0.0696. The van der Waals surface area contributed by atoms with E-state index in [1.165, 1.54) is 5.56 Å². The first-order valence-electron chi connectivity index (χ1n) is 6.97. The molecule has 2 aromatic rings. The van der Waals surface area contributed by atoms with Crippen molar-refractivity contribution >= 4 is 5.97 Å². The van der Waals surface area contributed by atoms with Crippen LogP contribution < -0.4 is 0 Å². The molecule has 0 spiro atoms. The molecule has 2 aromatic carbocycles. The Bertz CT molecular complexity index is 681. The Morgan fingerprint density at radius 2 is 2.00 bits per heavy atom. The second-order valence-electron chi connectivity index (χ2n) is 5.42. The van der Waals surface area contributed by atoms with Crippen LogP contribution in [0.15, 0.2) is 42.5 Å². The Hall–Kier alpha value is -2.33. The number of aromatic carboxylic acids is 1. The molecule has 21 heavy (non-hydrogen) atoms. The van der Waals surface area contributed by atoms with Crippen LogP contribution in [0.3, 0.4) is 0 Å². The number of fused-ring (bicyclic) bond motifs is 1. The molecule has 108 valence electrons. The van der Waals surface area contributed by atoms with E-state index in [4.69, 9.17) is 5.11 Å². The fraction of sp³-hybridized carbons (Fsp3) is 0.235. The molecule has 0 saturated carbocycles. The lowest BCUT2D eigenvalue weighted by Gasteiger charge is -2.29. The second kappa shape index (κ2) is 5.58. The molecule has 0 amide bonds. The molecular formula is C17H17NO3. The Labute approximate surface area is 123 Å². The fourth-order valence-electron chi connectivity index (χ4n) is 2.80. The first kappa shape index (κ1) is 13.6. The zero-order chi connectivity index (χ0) is 14.8. The largest absolute Gasteiger partial charge is 0.508 e. The van der Waals surface area contributed by atoms with Gasteiger partial charge in [-0.2, -0.15) is 0 Å². The lowest BCUT2D eigenvalue weighted by Crippen LogP contribution is -2.30. The zero-order valence-electron chi connectivity index (χ0n) is 11.6. The number of hydrogen-bond donors (Lipinski definition) is 2. The summed E-state index contributed by atoms with van der Waals surface area (Å²) in [5.74, 6) is -0.610. The summed E-state index contributed by atoms with van der Waals surface area (Å²) in [6.45, 7) is 2.44. The lowest BCUT2D eigenvalue weighted by atomic mass is 9.97. The number of benzene rings is 2. The molecule has 2 N–H and O–H groups in total. The molecule has 1 aliphatic rings. The van der Waals surface area contributed by atoms with Crippen molar-refractivity contribution in [2.45, 2.75) is 19.5 Å². The van der Waals surface area contributed by atoms with E-state index in [-0.39, 0.29) is 5.75 Å². The summed E-state index contributed by atoms with van der Waals surface area (Å²) >= 11 is 0. The van der Waals surface area contributed by atoms with E-state index in [0.29, 0.717) is 5.56 Å². The van der Waals surface area contributed by atoms with Crippen LogP contribution in [-0.4, -0.2) is 27.6 Å². The molecule has 1 aliphatic heterocycles. The van der Waals surface area contributed by atoms with Gasteiger partial charge < -0.3 is 10.2 Å². The highest BCUT2D eigenvalue weighted by molar-refractivity contribution is 5.87. The van der Waals surface area contributed by atoms with Gasteiger partial charge in [-0.05, 0) is 47.4 Å². The van der Waals surface area contributed by atoms with Crippen molar-refractivity contribution in [3.63, 3.8) is 0 Å². The first-order chi connectivity index (χ1) is 10.1. The van der Waals surface area contributed by atoms with Crippen molar-refractivity contribution in [1.82, 2.24) is 4.90 Å². The molecule has 0 unspecified atom stereocenters. The van der Waals surface area contributed by atoms with Crippen molar-refractivity contribution in [1.29, 1.82) is 0 Å². The molecule has 4 heteroatoms. The highest BCUT2D eigenvalue weighted by Crippen LogP contribution is 2.22. The highest BCUT2D eigenvalue weighted by atomic mass is 16.4. The number of rotatable bonds is 3. The van der Waals surface area contributed by atoms with E-state index in [0.717, 1.165) is 37.2 Å². The molecule has 0 radical (unpaired) electrons. The van der Waals surface area contributed by atoms with Gasteiger partial charge in [0.25, 0.3) is 0 Å². The number of hydrogen-bond acceptors (Lipinski definition) is 3. The Kier molecular flexibility index (Phi) is 3.62. The van der Waals surface area contributed by atoms with E-state index in [1.807, 2.05) is 18.2 Å². The predicted octanol–water partition coefficient (Wildman–Crippen LogP) is 2.65. The Balaban J connectivity index is 1.77. The number of phenols is 1. The third-order valence-corrected chi connectivity index (χ3v) is 3.86. The van der Waals surface area contributed by atoms with Crippen LogP contribution in [0.4, 0.5) is 0 Å². The van der Waals surface area contributed by atoms with Crippen molar-refractivity contribution in [2.24, 2.45) is 0 Å². The van der Waals surface area contributed by atoms with Crippen molar-refractivity contribution < 1.29 is 15.0 Å². The minimum absolute atomic E-state index is 0.276. The van der Waals surface area contributed by atoms with Gasteiger partial charge in [0.1, 0.15) is 5.75 Å². The maximum Gasteiger partial charge on any atom is 0.335 e. The van der Waals surface area contributed by atoms with Gasteiger partial charge >= 0.3 is 5.97 Å². The third-order valence-electron chi connectivity index (χ3n) is 3.86. The SMILES string of the molecule is O=C(O)c1ccc2c(c1)CN(Cc1cccc(O)c1)CC2. The second-order valence-corrected chi connectivity index (χ2v) is 5.42. The highest BCUT2D eigenvalue weighted by Gasteiger charge is 2.18. The van der Waals surface area contributed by atoms with Crippen LogP contribution in [0, 0.1) is 0 Å². The molecule has 0 aromatic heterocycles. The van der Waals surface area contributed by atoms with E-state index < -0.39 is 5.97 Å². The summed E-state index contributed by atoms with van der Waals surface area (Å²) in [5, 5.41) is 18.6. The number of carboxylic acid groups (broad SMARTS) is 1. The van der Waals surface area contributed by atoms with Crippen LogP contribution >= 0.6 is 0 Å². The van der Waals surface area contributed by atoms with Gasteiger partial charge in [-0.15, -0.1) is 0 Å². The molecule has 3 rings (SSSR count). The van der Waals surface area contributed by atoms with Gasteiger partial charge in [0.15, 0.2) is 0 Å². The molecule has 0 aliphatic carbocycles. The molecule has 4 nitrogen and oxygen atoms in total. The summed E-state index contributed by atoms with van der Waals surface area (Å²) in [5.41, 5.74) is 3.72. The number of carboxylic acids is 1. The number of aromatic hydroxyl groups is 1. The smallest absolute Gasteiger partial charge is 0.335 e. The molecule has 1 heterocycles. The molecule has 0 atom stereocenters. The first-order valence-corrected chi connectivity index (χ1v) is 6.97. The van der Waals surface area contributed by atoms with Crippen LogP contribution in [0.5, 0.6) is 5.75 Å². The molecule has 0 fully saturated rings. The monoisotopic (exact) mass is 283 g/mol. The van der Waals surface area contributed by atoms with Crippen LogP contribution in [0.2, 0.25) is 0 Å². The normalized spacial score (nSPS) is 14.7. The van der Waals surface area contributed by atoms with Gasteiger partial charge in [0.2, 0.25) is 0 Å². The van der Waals surface area contributed by atoms with E-state index in [1.54, 1.807) is 24.3 Å². The quantitative estimate of drug-likeness (QED) is 0.909. The average Bonchev–Trinajstić information content (AvgIpc) is 2.46. The summed E-state index contributed by atoms with van der Waals surface area (Å²) < 4.78 is 0. The Morgan fingerprint density at radius 1 is 1.14 bits per heavy atom. The van der Waals surface area contributed by atoms with Gasteiger partial charge in [0, 0.05) is 19.6 Å². The summed E-state index contributed by atoms with van der Waals surface area (Å²) in [6.07, 6.45) is 0.925. The van der Waals surface area contributed by atoms with Gasteiger partial charge in [-0.1, -0.05) is 18.2 Å². The number of phenolic OH excluding ortho intramolecular Hbond substituents is 1. The maximum atomic E-state index is 11.1. The average molecular weight is 283 g/mol. The van der Waals surface area contributed by atoms with E-state index in [2.05, 4.69) is 4.90 Å². The summed E-state index contributed by atoms with van der Waals surface area (Å²) in [6, 6.07) is 12.6. The molecular weight excluding hydrogens is 266 g/mol. The molecule has 0 bridgehead atoms. The fourth-order valence-corrected chi connectivity index (χ4v) is 2.80.